The van der Waals surface area contributed by atoms with Crippen molar-refractivity contribution in [3.63, 3.8) is 0 Å². The molecule has 5 nitrogen and oxygen atoms in total. The monoisotopic (exact) mass is 480 g/mol. The Labute approximate surface area is 205 Å². The fourth-order valence-corrected chi connectivity index (χ4v) is 5.94. The summed E-state index contributed by atoms with van der Waals surface area (Å²) in [4.78, 5) is 9.10. The molecule has 1 N–H and O–H groups in total. The molecule has 4 unspecified atom stereocenters. The highest BCUT2D eigenvalue weighted by Crippen LogP contribution is 2.43. The molecule has 5 rings (SSSR count). The molecule has 3 aromatic rings. The van der Waals surface area contributed by atoms with E-state index in [0.29, 0.717) is 16.9 Å². The lowest BCUT2D eigenvalue weighted by Crippen LogP contribution is -2.38. The zero-order valence-corrected chi connectivity index (χ0v) is 20.7. The van der Waals surface area contributed by atoms with Gasteiger partial charge in [0.05, 0.1) is 22.4 Å². The van der Waals surface area contributed by atoms with Crippen molar-refractivity contribution in [2.24, 2.45) is 11.8 Å². The van der Waals surface area contributed by atoms with Gasteiger partial charge in [0.2, 0.25) is 0 Å². The molecule has 4 heterocycles. The van der Waals surface area contributed by atoms with Gasteiger partial charge in [0.25, 0.3) is 0 Å². The number of hydrogen-bond donors (Lipinski definition) is 1. The standard InChI is InChI=1S/C26H29ClN4OS/c1-16-12-17(2)15-30(14-16)22-9-8-19(13-20(22)27)31-25(23-10-7-18(3)32-23)24(29-26(31)33)21-6-4-5-11-28-21/h4-11,13,16-17,24-25H,12,14-15H2,1-3H3,(H,29,33). The Hall–Kier alpha value is -2.57. The van der Waals surface area contributed by atoms with Gasteiger partial charge in [-0.05, 0) is 79.9 Å². The summed E-state index contributed by atoms with van der Waals surface area (Å²) in [7, 11) is 0. The largest absolute Gasteiger partial charge is 0.464 e. The second-order valence-electron chi connectivity index (χ2n) is 9.43. The van der Waals surface area contributed by atoms with Crippen LogP contribution in [0, 0.1) is 18.8 Å². The quantitative estimate of drug-likeness (QED) is 0.442. The average molecular weight is 481 g/mol. The number of anilines is 2. The third kappa shape index (κ3) is 4.34. The number of nitrogens with one attached hydrogen (secondary N) is 1. The van der Waals surface area contributed by atoms with Crippen molar-refractivity contribution < 1.29 is 4.42 Å². The predicted octanol–water partition coefficient (Wildman–Crippen LogP) is 6.30. The van der Waals surface area contributed by atoms with Gasteiger partial charge in [0.15, 0.2) is 5.11 Å². The van der Waals surface area contributed by atoms with Gasteiger partial charge in [0.1, 0.15) is 17.6 Å². The lowest BCUT2D eigenvalue weighted by Gasteiger charge is -2.37. The molecule has 172 valence electrons. The van der Waals surface area contributed by atoms with Crippen molar-refractivity contribution in [3.05, 3.63) is 77.0 Å². The van der Waals surface area contributed by atoms with Crippen molar-refractivity contribution in [1.82, 2.24) is 10.3 Å². The number of furan rings is 1. The van der Waals surface area contributed by atoms with E-state index >= 15 is 0 Å². The number of aryl methyl sites for hydroxylation is 1. The van der Waals surface area contributed by atoms with Gasteiger partial charge in [-0.3, -0.25) is 4.98 Å². The van der Waals surface area contributed by atoms with Gasteiger partial charge in [-0.15, -0.1) is 0 Å². The van der Waals surface area contributed by atoms with Crippen LogP contribution >= 0.6 is 23.8 Å². The maximum Gasteiger partial charge on any atom is 0.174 e. The summed E-state index contributed by atoms with van der Waals surface area (Å²) in [6.45, 7) is 8.64. The molecular formula is C26H29ClN4OS. The SMILES string of the molecule is Cc1ccc(C2C(c3ccccn3)NC(=S)N2c2ccc(N3CC(C)CC(C)C3)c(Cl)c2)o1. The Morgan fingerprint density at radius 2 is 1.88 bits per heavy atom. The van der Waals surface area contributed by atoms with Gasteiger partial charge in [-0.2, -0.15) is 0 Å². The van der Waals surface area contributed by atoms with E-state index in [-0.39, 0.29) is 12.1 Å². The second-order valence-corrected chi connectivity index (χ2v) is 10.2. The Morgan fingerprint density at radius 3 is 2.52 bits per heavy atom. The molecule has 0 saturated carbocycles. The molecule has 0 radical (unpaired) electrons. The number of thiocarbonyl (C=S) groups is 1. The minimum atomic E-state index is -0.168. The number of aromatic nitrogens is 1. The molecule has 4 atom stereocenters. The van der Waals surface area contributed by atoms with E-state index in [4.69, 9.17) is 28.2 Å². The summed E-state index contributed by atoms with van der Waals surface area (Å²) in [5.74, 6) is 3.02. The smallest absolute Gasteiger partial charge is 0.174 e. The summed E-state index contributed by atoms with van der Waals surface area (Å²) in [5, 5.41) is 4.84. The summed E-state index contributed by atoms with van der Waals surface area (Å²) in [6, 6.07) is 15.9. The third-order valence-electron chi connectivity index (χ3n) is 6.57. The van der Waals surface area contributed by atoms with Crippen LogP contribution in [0.5, 0.6) is 0 Å². The Balaban J connectivity index is 1.51. The molecule has 0 aliphatic carbocycles. The number of benzene rings is 1. The highest BCUT2D eigenvalue weighted by Gasteiger charge is 2.42. The van der Waals surface area contributed by atoms with Gasteiger partial charge in [-0.1, -0.05) is 31.5 Å². The first kappa shape index (κ1) is 22.2. The number of pyridine rings is 1. The Kier molecular flexibility index (Phi) is 6.06. The molecule has 0 amide bonds. The first-order valence-corrected chi connectivity index (χ1v) is 12.3. The molecule has 2 aliphatic rings. The second kappa shape index (κ2) is 8.99. The van der Waals surface area contributed by atoms with Crippen LogP contribution in [0.3, 0.4) is 0 Å². The number of piperidine rings is 1. The van der Waals surface area contributed by atoms with E-state index in [1.165, 1.54) is 6.42 Å². The van der Waals surface area contributed by atoms with Crippen molar-refractivity contribution in [2.75, 3.05) is 22.9 Å². The summed E-state index contributed by atoms with van der Waals surface area (Å²) in [5.41, 5.74) is 2.95. The van der Waals surface area contributed by atoms with E-state index < -0.39 is 0 Å². The molecule has 2 saturated heterocycles. The minimum absolute atomic E-state index is 0.133. The number of rotatable bonds is 4. The van der Waals surface area contributed by atoms with Gasteiger partial charge < -0.3 is 19.5 Å². The molecule has 33 heavy (non-hydrogen) atoms. The summed E-state index contributed by atoms with van der Waals surface area (Å²) < 4.78 is 6.08. The summed E-state index contributed by atoms with van der Waals surface area (Å²) >= 11 is 12.7. The van der Waals surface area contributed by atoms with E-state index in [1.807, 2.05) is 43.3 Å². The lowest BCUT2D eigenvalue weighted by atomic mass is 9.91. The van der Waals surface area contributed by atoms with Crippen LogP contribution in [0.4, 0.5) is 11.4 Å². The van der Waals surface area contributed by atoms with Crippen LogP contribution in [-0.2, 0) is 0 Å². The molecule has 2 aliphatic heterocycles. The topological polar surface area (TPSA) is 44.5 Å². The zero-order chi connectivity index (χ0) is 23.1. The van der Waals surface area contributed by atoms with Gasteiger partial charge >= 0.3 is 0 Å². The minimum Gasteiger partial charge on any atom is -0.464 e. The highest BCUT2D eigenvalue weighted by molar-refractivity contribution is 7.80. The summed E-state index contributed by atoms with van der Waals surface area (Å²) in [6.07, 6.45) is 3.07. The van der Waals surface area contributed by atoms with E-state index in [9.17, 15) is 0 Å². The van der Waals surface area contributed by atoms with Gasteiger partial charge in [-0.25, -0.2) is 0 Å². The fourth-order valence-electron chi connectivity index (χ4n) is 5.30. The maximum absolute atomic E-state index is 6.87. The zero-order valence-electron chi connectivity index (χ0n) is 19.2. The van der Waals surface area contributed by atoms with Crippen LogP contribution in [0.25, 0.3) is 0 Å². The van der Waals surface area contributed by atoms with Crippen molar-refractivity contribution in [2.45, 2.75) is 39.3 Å². The highest BCUT2D eigenvalue weighted by atomic mass is 35.5. The molecule has 7 heteroatoms. The normalized spacial score (nSPS) is 25.4. The van der Waals surface area contributed by atoms with Crippen LogP contribution in [0.2, 0.25) is 5.02 Å². The third-order valence-corrected chi connectivity index (χ3v) is 7.19. The van der Waals surface area contributed by atoms with Crippen LogP contribution in [0.1, 0.15) is 49.6 Å². The molecule has 2 aromatic heterocycles. The fraction of sp³-hybridized carbons (Fsp3) is 0.385. The first-order chi connectivity index (χ1) is 15.9. The van der Waals surface area contributed by atoms with Crippen molar-refractivity contribution in [1.29, 1.82) is 0 Å². The average Bonchev–Trinajstić information content (AvgIpc) is 3.36. The number of hydrogen-bond acceptors (Lipinski definition) is 4. The first-order valence-electron chi connectivity index (χ1n) is 11.5. The van der Waals surface area contributed by atoms with Crippen LogP contribution in [0.15, 0.2) is 59.1 Å². The van der Waals surface area contributed by atoms with Crippen molar-refractivity contribution in [3.8, 4) is 0 Å². The molecule has 1 aromatic carbocycles. The Morgan fingerprint density at radius 1 is 1.09 bits per heavy atom. The van der Waals surface area contributed by atoms with E-state index in [0.717, 1.165) is 46.7 Å². The number of halogens is 1. The van der Waals surface area contributed by atoms with Crippen LogP contribution < -0.4 is 15.1 Å². The van der Waals surface area contributed by atoms with Crippen molar-refractivity contribution >= 4 is 40.3 Å². The van der Waals surface area contributed by atoms with E-state index in [1.54, 1.807) is 6.20 Å². The Bertz CT molecular complexity index is 1140. The number of nitrogens with zero attached hydrogens (tertiary/aromatic N) is 3. The van der Waals surface area contributed by atoms with Gasteiger partial charge in [0, 0.05) is 25.0 Å². The molecule has 0 spiro atoms. The van der Waals surface area contributed by atoms with E-state index in [2.05, 4.69) is 46.1 Å². The molecule has 0 bridgehead atoms. The lowest BCUT2D eigenvalue weighted by molar-refractivity contribution is 0.357. The molecule has 2 fully saturated rings. The van der Waals surface area contributed by atoms with Crippen LogP contribution in [-0.4, -0.2) is 23.2 Å². The maximum atomic E-state index is 6.87. The predicted molar refractivity (Wildman–Crippen MR) is 138 cm³/mol. The molecular weight excluding hydrogens is 452 g/mol.